The molecule has 3 heterocycles. The van der Waals surface area contributed by atoms with Gasteiger partial charge in [0.2, 0.25) is 5.95 Å². The average Bonchev–Trinajstić information content (AvgIpc) is 2.81. The molecule has 0 unspecified atom stereocenters. The molecule has 0 aliphatic carbocycles. The summed E-state index contributed by atoms with van der Waals surface area (Å²) in [4.78, 5) is 30.4. The number of piperazine rings is 1. The van der Waals surface area contributed by atoms with Gasteiger partial charge in [-0.3, -0.25) is 0 Å². The van der Waals surface area contributed by atoms with Crippen LogP contribution in [0.3, 0.4) is 0 Å². The maximum atomic E-state index is 12.8. The number of nitrogens with one attached hydrogen (secondary N) is 1. The lowest BCUT2D eigenvalue weighted by atomic mass is 10.1. The fourth-order valence-corrected chi connectivity index (χ4v) is 4.94. The first-order valence-corrected chi connectivity index (χ1v) is 11.9. The van der Waals surface area contributed by atoms with Gasteiger partial charge in [0.25, 0.3) is 0 Å². The van der Waals surface area contributed by atoms with Crippen LogP contribution < -0.4 is 21.6 Å². The van der Waals surface area contributed by atoms with E-state index in [1.54, 1.807) is 18.2 Å². The van der Waals surface area contributed by atoms with Crippen molar-refractivity contribution in [3.8, 4) is 5.69 Å². The molecular formula is C25H28Cl2N8O. The van der Waals surface area contributed by atoms with Gasteiger partial charge < -0.3 is 20.9 Å². The molecule has 1 aliphatic rings. The van der Waals surface area contributed by atoms with Crippen molar-refractivity contribution in [3.05, 3.63) is 69.2 Å². The summed E-state index contributed by atoms with van der Waals surface area (Å²) >= 11 is 12.6. The summed E-state index contributed by atoms with van der Waals surface area (Å²) in [6, 6.07) is 13.5. The molecule has 1 fully saturated rings. The van der Waals surface area contributed by atoms with Crippen LogP contribution >= 0.6 is 23.2 Å². The maximum Gasteiger partial charge on any atom is 0.355 e. The zero-order valence-corrected chi connectivity index (χ0v) is 20.8. The van der Waals surface area contributed by atoms with E-state index in [4.69, 9.17) is 28.9 Å². The molecule has 2 aromatic carbocycles. The van der Waals surface area contributed by atoms with E-state index >= 15 is 0 Å². The van der Waals surface area contributed by atoms with Gasteiger partial charge in [-0.1, -0.05) is 36.7 Å². The maximum absolute atomic E-state index is 12.8. The van der Waals surface area contributed by atoms with Gasteiger partial charge in [0, 0.05) is 43.2 Å². The number of rotatable bonds is 4. The molecule has 3 N–H and O–H groups in total. The first-order valence-electron chi connectivity index (χ1n) is 11.1. The summed E-state index contributed by atoms with van der Waals surface area (Å²) in [5.74, 6) is 0.408. The van der Waals surface area contributed by atoms with Crippen LogP contribution in [-0.2, 0) is 0 Å². The van der Waals surface area contributed by atoms with Gasteiger partial charge in [0.15, 0.2) is 5.65 Å². The standard InChI is InChI=1S/C24H24Cl2N8O.CH4/c1-14-13-32(2)10-11-33(14)16-8-6-15(7-9-16)29-23-28-12-17-21(27)34(24(35)31-22(17)30-23)20-18(25)4-3-5-19(20)26;/h3-9,12,14H,10-11,13,27H2,1-2H3,(H,29,30,31,35);1H4/t14-;/m1./s1. The Hall–Kier alpha value is -3.40. The number of nitrogens with two attached hydrogens (primary N) is 1. The van der Waals surface area contributed by atoms with E-state index in [1.165, 1.54) is 16.5 Å². The molecule has 1 saturated heterocycles. The van der Waals surface area contributed by atoms with E-state index in [0.717, 1.165) is 25.3 Å². The lowest BCUT2D eigenvalue weighted by Gasteiger charge is -2.39. The van der Waals surface area contributed by atoms with E-state index in [9.17, 15) is 4.79 Å². The van der Waals surface area contributed by atoms with Crippen LogP contribution in [0.1, 0.15) is 14.4 Å². The van der Waals surface area contributed by atoms with Crippen molar-refractivity contribution in [2.45, 2.75) is 20.4 Å². The lowest BCUT2D eigenvalue weighted by Crippen LogP contribution is -2.50. The molecule has 1 atom stereocenters. The molecule has 36 heavy (non-hydrogen) atoms. The zero-order valence-electron chi connectivity index (χ0n) is 19.2. The number of hydrogen-bond donors (Lipinski definition) is 2. The van der Waals surface area contributed by atoms with Crippen molar-refractivity contribution in [3.63, 3.8) is 0 Å². The summed E-state index contributed by atoms with van der Waals surface area (Å²) in [6.45, 7) is 5.29. The highest BCUT2D eigenvalue weighted by Gasteiger charge is 2.21. The first-order chi connectivity index (χ1) is 16.8. The largest absolute Gasteiger partial charge is 0.384 e. The molecule has 9 nitrogen and oxygen atoms in total. The molecule has 0 saturated carbocycles. The Balaban J connectivity index is 0.00000304. The molecule has 2 aromatic heterocycles. The van der Waals surface area contributed by atoms with Gasteiger partial charge in [-0.05, 0) is 50.4 Å². The fraction of sp³-hybridized carbons (Fsp3) is 0.280. The summed E-state index contributed by atoms with van der Waals surface area (Å²) in [5.41, 5.74) is 8.09. The Labute approximate surface area is 219 Å². The average molecular weight is 527 g/mol. The van der Waals surface area contributed by atoms with E-state index in [0.29, 0.717) is 17.4 Å². The summed E-state index contributed by atoms with van der Waals surface area (Å²) in [6.07, 6.45) is 1.52. The number of anilines is 4. The van der Waals surface area contributed by atoms with Crippen molar-refractivity contribution < 1.29 is 0 Å². The minimum atomic E-state index is -0.639. The predicted molar refractivity (Wildman–Crippen MR) is 148 cm³/mol. The minimum absolute atomic E-state index is 0. The van der Waals surface area contributed by atoms with Gasteiger partial charge in [0.1, 0.15) is 5.82 Å². The predicted octanol–water partition coefficient (Wildman–Crippen LogP) is 4.58. The summed E-state index contributed by atoms with van der Waals surface area (Å²) < 4.78 is 1.17. The number of hydrogen-bond acceptors (Lipinski definition) is 8. The van der Waals surface area contributed by atoms with Gasteiger partial charge >= 0.3 is 5.69 Å². The summed E-state index contributed by atoms with van der Waals surface area (Å²) in [7, 11) is 2.15. The number of nitrogen functional groups attached to an aromatic ring is 1. The zero-order chi connectivity index (χ0) is 24.7. The quantitative estimate of drug-likeness (QED) is 0.397. The van der Waals surface area contributed by atoms with Crippen molar-refractivity contribution in [2.24, 2.45) is 0 Å². The van der Waals surface area contributed by atoms with Crippen molar-refractivity contribution in [2.75, 3.05) is 42.6 Å². The number of fused-ring (bicyclic) bond motifs is 1. The van der Waals surface area contributed by atoms with Crippen molar-refractivity contribution in [1.82, 2.24) is 24.4 Å². The molecule has 1 aliphatic heterocycles. The highest BCUT2D eigenvalue weighted by atomic mass is 35.5. The fourth-order valence-electron chi connectivity index (χ4n) is 4.37. The number of benzene rings is 2. The second-order valence-electron chi connectivity index (χ2n) is 8.59. The third-order valence-electron chi connectivity index (χ3n) is 6.13. The van der Waals surface area contributed by atoms with E-state index in [-0.39, 0.29) is 34.6 Å². The molecule has 0 spiro atoms. The molecule has 188 valence electrons. The van der Waals surface area contributed by atoms with Crippen molar-refractivity contribution in [1.29, 1.82) is 0 Å². The van der Waals surface area contributed by atoms with Crippen LogP contribution in [-0.4, -0.2) is 57.1 Å². The molecule has 11 heteroatoms. The molecule has 5 rings (SSSR count). The topological polar surface area (TPSA) is 105 Å². The van der Waals surface area contributed by atoms with E-state index in [2.05, 4.69) is 56.2 Å². The van der Waals surface area contributed by atoms with Crippen LogP contribution in [0, 0.1) is 0 Å². The monoisotopic (exact) mass is 526 g/mol. The van der Waals surface area contributed by atoms with Gasteiger partial charge in [-0.15, -0.1) is 0 Å². The van der Waals surface area contributed by atoms with E-state index in [1.807, 2.05) is 12.1 Å². The third kappa shape index (κ3) is 4.82. The molecule has 0 bridgehead atoms. The van der Waals surface area contributed by atoms with Crippen LogP contribution in [0.4, 0.5) is 23.1 Å². The number of likely N-dealkylation sites (N-methyl/N-ethyl adjacent to an activating group) is 1. The molecule has 4 aromatic rings. The Kier molecular flexibility index (Phi) is 7.35. The highest BCUT2D eigenvalue weighted by molar-refractivity contribution is 6.37. The van der Waals surface area contributed by atoms with Gasteiger partial charge in [0.05, 0.1) is 21.1 Å². The van der Waals surface area contributed by atoms with Gasteiger partial charge in [-0.25, -0.2) is 14.3 Å². The van der Waals surface area contributed by atoms with Crippen LogP contribution in [0.25, 0.3) is 16.7 Å². The number of para-hydroxylation sites is 1. The first kappa shape index (κ1) is 25.7. The number of halogens is 2. The highest BCUT2D eigenvalue weighted by Crippen LogP contribution is 2.30. The molecular weight excluding hydrogens is 499 g/mol. The minimum Gasteiger partial charge on any atom is -0.384 e. The Bertz CT molecular complexity index is 1440. The smallest absolute Gasteiger partial charge is 0.355 e. The Morgan fingerprint density at radius 3 is 2.42 bits per heavy atom. The van der Waals surface area contributed by atoms with Crippen molar-refractivity contribution >= 4 is 57.4 Å². The second kappa shape index (κ2) is 10.3. The normalized spacial score (nSPS) is 16.1. The summed E-state index contributed by atoms with van der Waals surface area (Å²) in [5, 5.41) is 4.13. The number of nitrogens with zero attached hydrogens (tertiary/aromatic N) is 6. The third-order valence-corrected chi connectivity index (χ3v) is 6.74. The number of aromatic nitrogens is 4. The molecule has 0 amide bonds. The van der Waals surface area contributed by atoms with Crippen LogP contribution in [0.2, 0.25) is 10.0 Å². The van der Waals surface area contributed by atoms with Crippen LogP contribution in [0.5, 0.6) is 0 Å². The SMILES string of the molecule is C.C[C@@H]1CN(C)CCN1c1ccc(Nc2ncc3c(N)n(-c4c(Cl)cccc4Cl)c(=O)nc3n2)cc1. The lowest BCUT2D eigenvalue weighted by molar-refractivity contribution is 0.275. The van der Waals surface area contributed by atoms with Gasteiger partial charge in [-0.2, -0.15) is 9.97 Å². The molecule has 0 radical (unpaired) electrons. The Morgan fingerprint density at radius 2 is 1.75 bits per heavy atom. The Morgan fingerprint density at radius 1 is 1.06 bits per heavy atom. The van der Waals surface area contributed by atoms with Crippen LogP contribution in [0.15, 0.2) is 53.5 Å². The second-order valence-corrected chi connectivity index (χ2v) is 9.41. The van der Waals surface area contributed by atoms with E-state index < -0.39 is 5.69 Å².